The number of carboxylic acid groups (broad SMARTS) is 1. The zero-order valence-electron chi connectivity index (χ0n) is 16.5. The molecule has 10 nitrogen and oxygen atoms in total. The molecule has 1 atom stereocenters. The highest BCUT2D eigenvalue weighted by atomic mass is 19.4. The van der Waals surface area contributed by atoms with E-state index in [1.165, 1.54) is 11.6 Å². The Morgan fingerprint density at radius 2 is 2.00 bits per heavy atom. The molecule has 0 saturated carbocycles. The van der Waals surface area contributed by atoms with Crippen LogP contribution in [0.3, 0.4) is 0 Å². The number of rotatable bonds is 2. The van der Waals surface area contributed by atoms with Crippen molar-refractivity contribution in [3.05, 3.63) is 56.6 Å². The molecule has 0 radical (unpaired) electrons. The van der Waals surface area contributed by atoms with Crippen molar-refractivity contribution in [2.24, 2.45) is 7.05 Å². The lowest BCUT2D eigenvalue weighted by Crippen LogP contribution is -2.52. The second kappa shape index (κ2) is 8.59. The number of aromatic nitrogens is 4. The van der Waals surface area contributed by atoms with Gasteiger partial charge in [-0.25, -0.2) is 9.48 Å². The van der Waals surface area contributed by atoms with Gasteiger partial charge in [0.15, 0.2) is 5.82 Å². The predicted octanol–water partition coefficient (Wildman–Crippen LogP) is 0.145. The maximum Gasteiger partial charge on any atom is 0.490 e. The quantitative estimate of drug-likeness (QED) is 0.652. The maximum absolute atomic E-state index is 12.3. The second-order valence-electron chi connectivity index (χ2n) is 7.33. The lowest BCUT2D eigenvalue weighted by Gasteiger charge is -2.35. The number of ether oxygens (including phenoxy) is 1. The van der Waals surface area contributed by atoms with Crippen LogP contribution in [0.4, 0.5) is 13.2 Å². The van der Waals surface area contributed by atoms with E-state index in [9.17, 15) is 22.8 Å². The summed E-state index contributed by atoms with van der Waals surface area (Å²) in [5.74, 6) is -2.24. The van der Waals surface area contributed by atoms with E-state index in [1.807, 2.05) is 18.3 Å². The molecule has 2 aromatic rings. The number of likely N-dealkylation sites (tertiary alicyclic amines) is 1. The third-order valence-electron chi connectivity index (χ3n) is 5.02. The van der Waals surface area contributed by atoms with Crippen LogP contribution in [0.2, 0.25) is 0 Å². The number of nitrogens with zero attached hydrogens (tertiary/aromatic N) is 5. The largest absolute Gasteiger partial charge is 0.490 e. The predicted molar refractivity (Wildman–Crippen MR) is 99.1 cm³/mol. The van der Waals surface area contributed by atoms with Gasteiger partial charge in [0.25, 0.3) is 0 Å². The normalized spacial score (nSPS) is 20.8. The maximum atomic E-state index is 12.3. The van der Waals surface area contributed by atoms with Crippen LogP contribution in [0, 0.1) is 0 Å². The standard InChI is InChI=1S/C16H19N5O3.C2HF3O2/c1-19-14(22)15(23)21-11-16(24-9-13(21)18-19)4-6-20(10-16)8-12-3-2-5-17-7-12;3-2(4,5)1(6)7/h2-3,5,7H,4,6,8-11H2,1H3;(H,6,7). The van der Waals surface area contributed by atoms with Crippen LogP contribution in [0.1, 0.15) is 17.8 Å². The molecular weight excluding hydrogens is 423 g/mol. The molecule has 0 aliphatic carbocycles. The molecule has 4 rings (SSSR count). The fraction of sp³-hybridized carbons (Fsp3) is 0.500. The number of carbonyl (C=O) groups is 1. The summed E-state index contributed by atoms with van der Waals surface area (Å²) in [7, 11) is 1.49. The van der Waals surface area contributed by atoms with Crippen molar-refractivity contribution in [2.75, 3.05) is 13.1 Å². The average molecular weight is 443 g/mol. The van der Waals surface area contributed by atoms with E-state index < -0.39 is 28.9 Å². The fourth-order valence-corrected chi connectivity index (χ4v) is 3.52. The molecule has 168 valence electrons. The van der Waals surface area contributed by atoms with Gasteiger partial charge in [0.1, 0.15) is 12.2 Å². The van der Waals surface area contributed by atoms with Gasteiger partial charge in [-0.3, -0.25) is 24.0 Å². The van der Waals surface area contributed by atoms with E-state index in [4.69, 9.17) is 14.6 Å². The number of aryl methyl sites for hydroxylation is 1. The topological polar surface area (TPSA) is 120 Å². The molecule has 1 unspecified atom stereocenters. The van der Waals surface area contributed by atoms with Crippen molar-refractivity contribution >= 4 is 5.97 Å². The van der Waals surface area contributed by atoms with E-state index >= 15 is 0 Å². The van der Waals surface area contributed by atoms with E-state index in [0.29, 0.717) is 12.4 Å². The number of carboxylic acids is 1. The first-order valence-electron chi connectivity index (χ1n) is 9.23. The molecule has 0 amide bonds. The Kier molecular flexibility index (Phi) is 6.27. The van der Waals surface area contributed by atoms with Crippen LogP contribution in [0.5, 0.6) is 0 Å². The van der Waals surface area contributed by atoms with Crippen molar-refractivity contribution in [1.82, 2.24) is 24.2 Å². The first-order valence-corrected chi connectivity index (χ1v) is 9.23. The minimum Gasteiger partial charge on any atom is -0.475 e. The molecule has 1 spiro atoms. The Hall–Kier alpha value is -3.06. The Balaban J connectivity index is 0.000000339. The SMILES string of the molecule is Cn1nc2n(c(=O)c1=O)CC1(CCN(Cc3cccnc3)C1)OC2.O=C(O)C(F)(F)F. The highest BCUT2D eigenvalue weighted by Gasteiger charge is 2.43. The number of halogens is 3. The number of hydrogen-bond donors (Lipinski definition) is 1. The Morgan fingerprint density at radius 1 is 1.29 bits per heavy atom. The molecule has 1 fully saturated rings. The van der Waals surface area contributed by atoms with Crippen LogP contribution in [-0.4, -0.2) is 60.2 Å². The summed E-state index contributed by atoms with van der Waals surface area (Å²) in [6, 6.07) is 3.97. The van der Waals surface area contributed by atoms with Gasteiger partial charge >= 0.3 is 23.3 Å². The van der Waals surface area contributed by atoms with Gasteiger partial charge in [0.05, 0.1) is 6.54 Å². The first kappa shape index (κ1) is 22.6. The Morgan fingerprint density at radius 3 is 2.61 bits per heavy atom. The third kappa shape index (κ3) is 5.17. The lowest BCUT2D eigenvalue weighted by molar-refractivity contribution is -0.192. The summed E-state index contributed by atoms with van der Waals surface area (Å²) >= 11 is 0. The summed E-state index contributed by atoms with van der Waals surface area (Å²) in [5.41, 5.74) is -0.386. The van der Waals surface area contributed by atoms with E-state index in [0.717, 1.165) is 36.3 Å². The molecule has 31 heavy (non-hydrogen) atoms. The second-order valence-corrected chi connectivity index (χ2v) is 7.33. The number of fused-ring (bicyclic) bond motifs is 1. The molecule has 0 bridgehead atoms. The molecule has 2 aliphatic heterocycles. The summed E-state index contributed by atoms with van der Waals surface area (Å²) in [6.45, 7) is 3.05. The van der Waals surface area contributed by atoms with Crippen molar-refractivity contribution in [3.8, 4) is 0 Å². The summed E-state index contributed by atoms with van der Waals surface area (Å²) < 4.78 is 40.4. The molecule has 13 heteroatoms. The molecule has 1 saturated heterocycles. The smallest absolute Gasteiger partial charge is 0.475 e. The van der Waals surface area contributed by atoms with Gasteiger partial charge in [0.2, 0.25) is 0 Å². The van der Waals surface area contributed by atoms with E-state index in [-0.39, 0.29) is 6.61 Å². The summed E-state index contributed by atoms with van der Waals surface area (Å²) in [6.07, 6.45) is -0.634. The Labute approximate surface area is 173 Å². The molecule has 2 aromatic heterocycles. The molecule has 2 aliphatic rings. The minimum absolute atomic E-state index is 0.254. The van der Waals surface area contributed by atoms with Gasteiger partial charge in [-0.05, 0) is 18.1 Å². The van der Waals surface area contributed by atoms with Gasteiger partial charge < -0.3 is 9.84 Å². The van der Waals surface area contributed by atoms with Gasteiger partial charge in [0, 0.05) is 39.1 Å². The van der Waals surface area contributed by atoms with E-state index in [1.54, 1.807) is 6.20 Å². The highest BCUT2D eigenvalue weighted by Crippen LogP contribution is 2.31. The molecule has 1 N–H and O–H groups in total. The van der Waals surface area contributed by atoms with Crippen LogP contribution < -0.4 is 11.1 Å². The van der Waals surface area contributed by atoms with Crippen LogP contribution >= 0.6 is 0 Å². The van der Waals surface area contributed by atoms with Gasteiger partial charge in [-0.15, -0.1) is 0 Å². The Bertz CT molecular complexity index is 1070. The van der Waals surface area contributed by atoms with Crippen molar-refractivity contribution < 1.29 is 27.8 Å². The van der Waals surface area contributed by atoms with Crippen molar-refractivity contribution in [3.63, 3.8) is 0 Å². The third-order valence-corrected chi connectivity index (χ3v) is 5.02. The summed E-state index contributed by atoms with van der Waals surface area (Å²) in [5, 5.41) is 11.3. The molecule has 4 heterocycles. The number of aliphatic carboxylic acids is 1. The van der Waals surface area contributed by atoms with Crippen LogP contribution in [-0.2, 0) is 36.3 Å². The van der Waals surface area contributed by atoms with Crippen molar-refractivity contribution in [1.29, 1.82) is 0 Å². The number of pyridine rings is 1. The average Bonchev–Trinajstić information content (AvgIpc) is 3.09. The lowest BCUT2D eigenvalue weighted by atomic mass is 10.0. The summed E-state index contributed by atoms with van der Waals surface area (Å²) in [4.78, 5) is 39.4. The minimum atomic E-state index is -5.08. The zero-order valence-corrected chi connectivity index (χ0v) is 16.5. The van der Waals surface area contributed by atoms with Crippen molar-refractivity contribution in [2.45, 2.75) is 37.9 Å². The van der Waals surface area contributed by atoms with Crippen LogP contribution in [0.25, 0.3) is 0 Å². The number of alkyl halides is 3. The first-order chi connectivity index (χ1) is 14.5. The number of hydrogen-bond acceptors (Lipinski definition) is 7. The highest BCUT2D eigenvalue weighted by molar-refractivity contribution is 5.73. The van der Waals surface area contributed by atoms with Gasteiger partial charge in [-0.1, -0.05) is 6.07 Å². The molecular formula is C18H20F3N5O5. The monoisotopic (exact) mass is 443 g/mol. The van der Waals surface area contributed by atoms with Crippen LogP contribution in [0.15, 0.2) is 34.1 Å². The molecule has 0 aromatic carbocycles. The van der Waals surface area contributed by atoms with Gasteiger partial charge in [-0.2, -0.15) is 18.3 Å². The fourth-order valence-electron chi connectivity index (χ4n) is 3.52. The van der Waals surface area contributed by atoms with E-state index in [2.05, 4.69) is 15.0 Å². The zero-order chi connectivity index (χ0) is 22.8.